The van der Waals surface area contributed by atoms with Crippen molar-refractivity contribution in [3.05, 3.63) is 11.9 Å². The first-order valence-corrected chi connectivity index (χ1v) is 6.18. The first-order valence-electron chi connectivity index (χ1n) is 6.18. The van der Waals surface area contributed by atoms with E-state index in [-0.39, 0.29) is 11.9 Å². The van der Waals surface area contributed by atoms with Crippen molar-refractivity contribution in [1.82, 2.24) is 15.3 Å². The molecule has 0 radical (unpaired) electrons. The van der Waals surface area contributed by atoms with E-state index in [1.807, 2.05) is 13.8 Å². The number of nitrogens with one attached hydrogen (secondary N) is 2. The van der Waals surface area contributed by atoms with E-state index in [0.29, 0.717) is 25.5 Å². The summed E-state index contributed by atoms with van der Waals surface area (Å²) < 4.78 is 5.42. The first-order chi connectivity index (χ1) is 8.70. The molecule has 2 heterocycles. The lowest BCUT2D eigenvalue weighted by Crippen LogP contribution is -2.42. The molecule has 1 aliphatic heterocycles. The van der Waals surface area contributed by atoms with Crippen LogP contribution in [0.3, 0.4) is 0 Å². The highest BCUT2D eigenvalue weighted by Crippen LogP contribution is 2.21. The van der Waals surface area contributed by atoms with Crippen LogP contribution < -0.4 is 15.4 Å². The summed E-state index contributed by atoms with van der Waals surface area (Å²) in [6, 6.07) is 0.214. The number of hydrogen-bond acceptors (Lipinski definition) is 5. The zero-order valence-electron chi connectivity index (χ0n) is 10.7. The molecule has 1 aromatic rings. The second kappa shape index (κ2) is 5.66. The zero-order chi connectivity index (χ0) is 13.0. The molecule has 1 saturated heterocycles. The minimum atomic E-state index is 0.113. The highest BCUT2D eigenvalue weighted by atomic mass is 16.5. The quantitative estimate of drug-likeness (QED) is 0.829. The maximum Gasteiger partial charge on any atom is 0.221 e. The van der Waals surface area contributed by atoms with Crippen LogP contribution in [0.5, 0.6) is 5.88 Å². The normalized spacial score (nSPS) is 19.2. The minimum absolute atomic E-state index is 0.113. The molecule has 1 aliphatic rings. The van der Waals surface area contributed by atoms with E-state index in [1.165, 1.54) is 6.33 Å². The van der Waals surface area contributed by atoms with Gasteiger partial charge in [0.05, 0.1) is 12.2 Å². The van der Waals surface area contributed by atoms with Crippen LogP contribution in [0.1, 0.15) is 25.3 Å². The fraction of sp³-hybridized carbons (Fsp3) is 0.583. The number of carbonyl (C=O) groups is 1. The van der Waals surface area contributed by atoms with Crippen molar-refractivity contribution >= 4 is 11.7 Å². The predicted molar refractivity (Wildman–Crippen MR) is 67.6 cm³/mol. The summed E-state index contributed by atoms with van der Waals surface area (Å²) in [5.41, 5.74) is 0.899. The molecule has 1 aromatic heterocycles. The molecule has 98 valence electrons. The molecule has 1 unspecified atom stereocenters. The minimum Gasteiger partial charge on any atom is -0.478 e. The van der Waals surface area contributed by atoms with Crippen LogP contribution in [0.25, 0.3) is 0 Å². The number of ether oxygens (including phenoxy) is 1. The molecule has 18 heavy (non-hydrogen) atoms. The summed E-state index contributed by atoms with van der Waals surface area (Å²) in [7, 11) is 0. The third kappa shape index (κ3) is 2.88. The Bertz CT molecular complexity index is 426. The van der Waals surface area contributed by atoms with Gasteiger partial charge in [-0.05, 0) is 20.3 Å². The lowest BCUT2D eigenvalue weighted by Gasteiger charge is -2.24. The largest absolute Gasteiger partial charge is 0.478 e. The second-order valence-corrected chi connectivity index (χ2v) is 4.27. The van der Waals surface area contributed by atoms with Crippen molar-refractivity contribution in [3.63, 3.8) is 0 Å². The molecule has 6 heteroatoms. The third-order valence-corrected chi connectivity index (χ3v) is 2.93. The van der Waals surface area contributed by atoms with Crippen LogP contribution in [0.2, 0.25) is 0 Å². The van der Waals surface area contributed by atoms with Crippen LogP contribution in [0.15, 0.2) is 6.33 Å². The Morgan fingerprint density at radius 1 is 1.56 bits per heavy atom. The van der Waals surface area contributed by atoms with E-state index in [2.05, 4.69) is 20.6 Å². The molecule has 1 fully saturated rings. The number of piperidine rings is 1. The molecule has 2 N–H and O–H groups in total. The zero-order valence-corrected chi connectivity index (χ0v) is 10.7. The molecular formula is C12H18N4O2. The van der Waals surface area contributed by atoms with Gasteiger partial charge >= 0.3 is 0 Å². The van der Waals surface area contributed by atoms with E-state index in [9.17, 15) is 4.79 Å². The van der Waals surface area contributed by atoms with Crippen molar-refractivity contribution in [3.8, 4) is 5.88 Å². The Hall–Kier alpha value is -1.85. The maximum absolute atomic E-state index is 11.1. The van der Waals surface area contributed by atoms with Crippen LogP contribution in [-0.2, 0) is 4.79 Å². The number of aromatic nitrogens is 2. The van der Waals surface area contributed by atoms with Gasteiger partial charge in [0.1, 0.15) is 12.1 Å². The van der Waals surface area contributed by atoms with Gasteiger partial charge < -0.3 is 15.4 Å². The summed E-state index contributed by atoms with van der Waals surface area (Å²) in [5.74, 6) is 1.49. The average molecular weight is 250 g/mol. The highest BCUT2D eigenvalue weighted by molar-refractivity contribution is 5.77. The molecule has 1 amide bonds. The lowest BCUT2D eigenvalue weighted by atomic mass is 10.1. The van der Waals surface area contributed by atoms with Gasteiger partial charge in [0, 0.05) is 19.0 Å². The standard InChI is InChI=1S/C12H18N4O2/c1-3-18-12-8(2)11(14-7-15-12)16-9-4-5-10(17)13-6-9/h7,9H,3-6H2,1-2H3,(H,13,17)(H,14,15,16). The molecule has 1 atom stereocenters. The number of nitrogens with zero attached hydrogens (tertiary/aromatic N) is 2. The van der Waals surface area contributed by atoms with Gasteiger partial charge in [-0.3, -0.25) is 4.79 Å². The fourth-order valence-electron chi connectivity index (χ4n) is 1.91. The number of carbonyl (C=O) groups excluding carboxylic acids is 1. The van der Waals surface area contributed by atoms with Crippen LogP contribution in [0, 0.1) is 6.92 Å². The summed E-state index contributed by atoms with van der Waals surface area (Å²) in [6.45, 7) is 5.06. The van der Waals surface area contributed by atoms with E-state index >= 15 is 0 Å². The van der Waals surface area contributed by atoms with E-state index in [1.54, 1.807) is 0 Å². The van der Waals surface area contributed by atoms with Gasteiger partial charge in [-0.2, -0.15) is 0 Å². The number of amides is 1. The maximum atomic E-state index is 11.1. The number of hydrogen-bond donors (Lipinski definition) is 2. The highest BCUT2D eigenvalue weighted by Gasteiger charge is 2.19. The molecule has 6 nitrogen and oxygen atoms in total. The van der Waals surface area contributed by atoms with E-state index in [4.69, 9.17) is 4.74 Å². The number of rotatable bonds is 4. The summed E-state index contributed by atoms with van der Waals surface area (Å²) in [5, 5.41) is 6.16. The molecule has 0 aliphatic carbocycles. The number of anilines is 1. The molecule has 0 aromatic carbocycles. The summed E-state index contributed by atoms with van der Waals surface area (Å²) in [6.07, 6.45) is 2.86. The van der Waals surface area contributed by atoms with Gasteiger partial charge in [0.15, 0.2) is 0 Å². The average Bonchev–Trinajstić information content (AvgIpc) is 2.37. The van der Waals surface area contributed by atoms with Crippen LogP contribution in [-0.4, -0.2) is 35.1 Å². The Morgan fingerprint density at radius 3 is 3.06 bits per heavy atom. The monoisotopic (exact) mass is 250 g/mol. The molecule has 0 spiro atoms. The molecule has 0 saturated carbocycles. The first kappa shape index (κ1) is 12.6. The van der Waals surface area contributed by atoms with Crippen molar-refractivity contribution in [2.24, 2.45) is 0 Å². The van der Waals surface area contributed by atoms with Gasteiger partial charge in [0.2, 0.25) is 11.8 Å². The van der Waals surface area contributed by atoms with Crippen LogP contribution in [0.4, 0.5) is 5.82 Å². The molecule has 2 rings (SSSR count). The van der Waals surface area contributed by atoms with Gasteiger partial charge in [-0.1, -0.05) is 0 Å². The van der Waals surface area contributed by atoms with Crippen LogP contribution >= 0.6 is 0 Å². The molecule has 0 bridgehead atoms. The van der Waals surface area contributed by atoms with Crippen molar-refractivity contribution < 1.29 is 9.53 Å². The van der Waals surface area contributed by atoms with E-state index < -0.39 is 0 Å². The Balaban J connectivity index is 2.04. The van der Waals surface area contributed by atoms with Gasteiger partial charge in [-0.15, -0.1) is 0 Å². The second-order valence-electron chi connectivity index (χ2n) is 4.27. The van der Waals surface area contributed by atoms with Crippen molar-refractivity contribution in [1.29, 1.82) is 0 Å². The fourth-order valence-corrected chi connectivity index (χ4v) is 1.91. The summed E-state index contributed by atoms with van der Waals surface area (Å²) >= 11 is 0. The topological polar surface area (TPSA) is 76.1 Å². The SMILES string of the molecule is CCOc1ncnc(NC2CCC(=O)NC2)c1C. The predicted octanol–water partition coefficient (Wildman–Crippen LogP) is 0.874. The van der Waals surface area contributed by atoms with Crippen molar-refractivity contribution in [2.45, 2.75) is 32.7 Å². The Labute approximate surface area is 106 Å². The Kier molecular flexibility index (Phi) is 3.96. The van der Waals surface area contributed by atoms with Gasteiger partial charge in [-0.25, -0.2) is 9.97 Å². The smallest absolute Gasteiger partial charge is 0.221 e. The summed E-state index contributed by atoms with van der Waals surface area (Å²) in [4.78, 5) is 19.4. The van der Waals surface area contributed by atoms with Gasteiger partial charge in [0.25, 0.3) is 0 Å². The third-order valence-electron chi connectivity index (χ3n) is 2.93. The lowest BCUT2D eigenvalue weighted by molar-refractivity contribution is -0.122. The Morgan fingerprint density at radius 2 is 2.39 bits per heavy atom. The van der Waals surface area contributed by atoms with Crippen molar-refractivity contribution in [2.75, 3.05) is 18.5 Å². The molecular weight excluding hydrogens is 232 g/mol. The van der Waals surface area contributed by atoms with E-state index in [0.717, 1.165) is 17.8 Å².